The zero-order chi connectivity index (χ0) is 31.6. The molecule has 3 heterocycles. The van der Waals surface area contributed by atoms with Crippen molar-refractivity contribution in [1.82, 2.24) is 19.5 Å². The van der Waals surface area contributed by atoms with Crippen LogP contribution in [0.25, 0.3) is 11.2 Å². The van der Waals surface area contributed by atoms with E-state index in [2.05, 4.69) is 15.0 Å². The number of amides is 2. The van der Waals surface area contributed by atoms with E-state index in [0.29, 0.717) is 4.90 Å². The molecule has 0 bridgehead atoms. The fourth-order valence-corrected chi connectivity index (χ4v) is 4.07. The molecule has 1 unspecified atom stereocenters. The van der Waals surface area contributed by atoms with E-state index in [4.69, 9.17) is 35.3 Å². The molecule has 0 saturated carbocycles. The Hall–Kier alpha value is -3.43. The Balaban J connectivity index is 1.94. The van der Waals surface area contributed by atoms with Gasteiger partial charge in [0.1, 0.15) is 17.4 Å². The maximum Gasteiger partial charge on any atom is 0.425 e. The molecule has 0 spiro atoms. The van der Waals surface area contributed by atoms with E-state index < -0.39 is 59.7 Å². The topological polar surface area (TPSA) is 161 Å². The zero-order valence-corrected chi connectivity index (χ0v) is 25.4. The highest BCUT2D eigenvalue weighted by molar-refractivity contribution is 6.29. The smallest absolute Gasteiger partial charge is 0.425 e. The van der Waals surface area contributed by atoms with E-state index in [1.807, 2.05) is 0 Å². The number of carbonyl (C=O) groups excluding carboxylic acids is 4. The van der Waals surface area contributed by atoms with E-state index in [9.17, 15) is 19.2 Å². The number of carbonyl (C=O) groups is 4. The van der Waals surface area contributed by atoms with E-state index in [1.54, 1.807) is 48.5 Å². The van der Waals surface area contributed by atoms with E-state index in [-0.39, 0.29) is 41.9 Å². The number of imidazole rings is 1. The first-order chi connectivity index (χ1) is 19.4. The molecule has 0 aliphatic carbocycles. The molecular formula is C26H35ClFN5O9. The number of aromatic nitrogens is 4. The normalized spacial score (nSPS) is 19.8. The van der Waals surface area contributed by atoms with Crippen molar-refractivity contribution >= 4 is 52.5 Å². The summed E-state index contributed by atoms with van der Waals surface area (Å²) in [4.78, 5) is 63.2. The number of ketones is 1. The first-order valence-electron chi connectivity index (χ1n) is 13.2. The van der Waals surface area contributed by atoms with Crippen LogP contribution < -0.4 is 4.90 Å². The second kappa shape index (κ2) is 12.8. The Morgan fingerprint density at radius 2 is 1.71 bits per heavy atom. The average Bonchev–Trinajstić information content (AvgIpc) is 3.39. The van der Waals surface area contributed by atoms with Crippen LogP contribution in [-0.4, -0.2) is 86.3 Å². The number of alkyl halides is 1. The minimum absolute atomic E-state index is 0.0514. The summed E-state index contributed by atoms with van der Waals surface area (Å²) in [6, 6.07) is 0. The second-order valence-corrected chi connectivity index (χ2v) is 11.8. The molecule has 0 aromatic carbocycles. The van der Waals surface area contributed by atoms with Crippen LogP contribution in [0.3, 0.4) is 0 Å². The molecule has 2 aromatic heterocycles. The second-order valence-electron chi connectivity index (χ2n) is 11.4. The molecule has 1 aliphatic rings. The Morgan fingerprint density at radius 3 is 2.24 bits per heavy atom. The van der Waals surface area contributed by atoms with E-state index >= 15 is 4.39 Å². The van der Waals surface area contributed by atoms with Gasteiger partial charge in [0.25, 0.3) is 0 Å². The molecule has 3 rings (SSSR count). The number of hydrogen-bond donors (Lipinski definition) is 0. The third-order valence-corrected chi connectivity index (χ3v) is 5.63. The van der Waals surface area contributed by atoms with Crippen LogP contribution in [0.2, 0.25) is 5.28 Å². The maximum absolute atomic E-state index is 15.3. The van der Waals surface area contributed by atoms with Gasteiger partial charge in [0.2, 0.25) is 11.4 Å². The Morgan fingerprint density at radius 1 is 1.12 bits per heavy atom. The quantitative estimate of drug-likeness (QED) is 0.179. The average molecular weight is 616 g/mol. The molecule has 2 aromatic rings. The number of hydrogen-bond acceptors (Lipinski definition) is 12. The molecule has 0 radical (unpaired) electrons. The van der Waals surface area contributed by atoms with Gasteiger partial charge < -0.3 is 23.7 Å². The molecule has 4 atom stereocenters. The number of imide groups is 1. The highest BCUT2D eigenvalue weighted by Crippen LogP contribution is 2.36. The first-order valence-corrected chi connectivity index (χ1v) is 13.5. The van der Waals surface area contributed by atoms with Crippen LogP contribution in [-0.2, 0) is 33.3 Å². The monoisotopic (exact) mass is 615 g/mol. The van der Waals surface area contributed by atoms with E-state index in [0.717, 1.165) is 0 Å². The lowest BCUT2D eigenvalue weighted by atomic mass is 10.2. The van der Waals surface area contributed by atoms with Crippen molar-refractivity contribution in [2.75, 3.05) is 18.1 Å². The first kappa shape index (κ1) is 33.1. The fourth-order valence-electron chi connectivity index (χ4n) is 3.91. The van der Waals surface area contributed by atoms with Crippen LogP contribution >= 0.6 is 11.6 Å². The third kappa shape index (κ3) is 8.10. The highest BCUT2D eigenvalue weighted by Gasteiger charge is 2.41. The number of fused-ring (bicyclic) bond motifs is 1. The number of nitrogens with zero attached hydrogens (tertiary/aromatic N) is 5. The van der Waals surface area contributed by atoms with Gasteiger partial charge in [0.15, 0.2) is 29.0 Å². The Labute approximate surface area is 246 Å². The van der Waals surface area contributed by atoms with Gasteiger partial charge in [-0.2, -0.15) is 14.9 Å². The summed E-state index contributed by atoms with van der Waals surface area (Å²) in [7, 11) is 0. The summed E-state index contributed by atoms with van der Waals surface area (Å²) >= 11 is 6.19. The van der Waals surface area contributed by atoms with Crippen LogP contribution in [0, 0.1) is 0 Å². The van der Waals surface area contributed by atoms with Crippen molar-refractivity contribution < 1.29 is 47.3 Å². The summed E-state index contributed by atoms with van der Waals surface area (Å²) in [5, 5.41) is -0.386. The SMILES string of the molecule is CCOC(=O)C(OC[C@@H]1C[C@H](F)[C@H](n2cnc3c(N(C(=O)OC(C)(C)C)C(=O)OC(C)(C)C)nc(Cl)nc32)O1)C(C)=O. The Bertz CT molecular complexity index is 1310. The zero-order valence-electron chi connectivity index (χ0n) is 24.7. The van der Waals surface area contributed by atoms with Crippen molar-refractivity contribution in [1.29, 1.82) is 0 Å². The van der Waals surface area contributed by atoms with Crippen LogP contribution in [0.15, 0.2) is 6.33 Å². The summed E-state index contributed by atoms with van der Waals surface area (Å²) in [6.45, 7) is 12.2. The predicted molar refractivity (Wildman–Crippen MR) is 146 cm³/mol. The minimum Gasteiger partial charge on any atom is -0.464 e. The number of halogens is 2. The van der Waals surface area contributed by atoms with Gasteiger partial charge in [-0.25, -0.2) is 23.8 Å². The van der Waals surface area contributed by atoms with E-state index in [1.165, 1.54) is 17.8 Å². The summed E-state index contributed by atoms with van der Waals surface area (Å²) in [5.41, 5.74) is -2.12. The molecule has 0 N–H and O–H groups in total. The summed E-state index contributed by atoms with van der Waals surface area (Å²) in [6.07, 6.45) is -6.37. The minimum atomic E-state index is -1.60. The number of anilines is 1. The summed E-state index contributed by atoms with van der Waals surface area (Å²) in [5.74, 6) is -1.77. The predicted octanol–water partition coefficient (Wildman–Crippen LogP) is 4.32. The van der Waals surface area contributed by atoms with Gasteiger partial charge in [0, 0.05) is 6.42 Å². The third-order valence-electron chi connectivity index (χ3n) is 5.46. The molecule has 1 saturated heterocycles. The van der Waals surface area contributed by atoms with Crippen LogP contribution in [0.1, 0.15) is 68.0 Å². The van der Waals surface area contributed by atoms with Crippen molar-refractivity contribution in [3.05, 3.63) is 11.6 Å². The highest BCUT2D eigenvalue weighted by atomic mass is 35.5. The molecule has 42 heavy (non-hydrogen) atoms. The number of rotatable bonds is 8. The molecule has 16 heteroatoms. The molecule has 14 nitrogen and oxygen atoms in total. The van der Waals surface area contributed by atoms with Gasteiger partial charge in [-0.1, -0.05) is 0 Å². The van der Waals surface area contributed by atoms with Gasteiger partial charge >= 0.3 is 18.2 Å². The lowest BCUT2D eigenvalue weighted by Crippen LogP contribution is -2.44. The molecule has 1 aliphatic heterocycles. The number of Topliss-reactive ketones (excluding diaryl/α,β-unsaturated/α-hetero) is 1. The summed E-state index contributed by atoms with van der Waals surface area (Å²) < 4.78 is 43.4. The van der Waals surface area contributed by atoms with Crippen molar-refractivity contribution in [2.24, 2.45) is 0 Å². The lowest BCUT2D eigenvalue weighted by molar-refractivity contribution is -0.163. The number of ether oxygens (including phenoxy) is 5. The van der Waals surface area contributed by atoms with Crippen molar-refractivity contribution in [2.45, 2.75) is 97.6 Å². The maximum atomic E-state index is 15.3. The van der Waals surface area contributed by atoms with Crippen molar-refractivity contribution in [3.8, 4) is 0 Å². The van der Waals surface area contributed by atoms with Crippen LogP contribution in [0.5, 0.6) is 0 Å². The van der Waals surface area contributed by atoms with Gasteiger partial charge in [0.05, 0.1) is 25.6 Å². The molecular weight excluding hydrogens is 581 g/mol. The molecule has 2 amide bonds. The number of esters is 1. The lowest BCUT2D eigenvalue weighted by Gasteiger charge is -2.28. The van der Waals surface area contributed by atoms with Gasteiger partial charge in [-0.3, -0.25) is 9.36 Å². The molecule has 1 fully saturated rings. The molecule has 232 valence electrons. The van der Waals surface area contributed by atoms with Gasteiger partial charge in [-0.05, 0) is 67.0 Å². The standard InChI is InChI=1S/C26H35ClFN5O9/c1-9-38-21(35)17(13(2)34)39-11-14-10-15(28)20(40-14)32-12-29-16-18(32)30-22(27)31-19(16)33(23(36)41-25(3,4)5)24(37)42-26(6,7)8/h12,14-15,17,20H,9-11H2,1-8H3/t14-,15-,17?,20+/m0/s1. The Kier molecular flexibility index (Phi) is 10.1. The largest absolute Gasteiger partial charge is 0.464 e. The fraction of sp³-hybridized carbons (Fsp3) is 0.654. The van der Waals surface area contributed by atoms with Gasteiger partial charge in [-0.15, -0.1) is 0 Å². The van der Waals surface area contributed by atoms with Crippen molar-refractivity contribution in [3.63, 3.8) is 0 Å². The van der Waals surface area contributed by atoms with Crippen LogP contribution in [0.4, 0.5) is 19.8 Å².